The van der Waals surface area contributed by atoms with Crippen molar-refractivity contribution in [2.45, 2.75) is 31.8 Å². The highest BCUT2D eigenvalue weighted by Crippen LogP contribution is 2.34. The molecule has 5 heterocycles. The van der Waals surface area contributed by atoms with Gasteiger partial charge < -0.3 is 14.2 Å². The summed E-state index contributed by atoms with van der Waals surface area (Å²) in [6.45, 7) is 2.45. The summed E-state index contributed by atoms with van der Waals surface area (Å²) in [4.78, 5) is 40.9. The largest absolute Gasteiger partial charge is 0.330 e. The van der Waals surface area contributed by atoms with Gasteiger partial charge in [-0.05, 0) is 49.7 Å². The first kappa shape index (κ1) is 23.3. The highest BCUT2D eigenvalue weighted by atomic mass is 32.1. The fraction of sp³-hybridized carbons (Fsp3) is 0.296. The van der Waals surface area contributed by atoms with Gasteiger partial charge in [-0.15, -0.1) is 11.3 Å². The van der Waals surface area contributed by atoms with Crippen LogP contribution in [-0.2, 0) is 13.0 Å². The number of nitrogens with zero attached hydrogens (tertiary/aromatic N) is 6. The molecule has 10 heteroatoms. The van der Waals surface area contributed by atoms with Gasteiger partial charge in [0.15, 0.2) is 5.13 Å². The van der Waals surface area contributed by atoms with Gasteiger partial charge in [0.2, 0.25) is 0 Å². The fourth-order valence-corrected chi connectivity index (χ4v) is 6.17. The van der Waals surface area contributed by atoms with E-state index in [9.17, 15) is 9.59 Å². The number of likely N-dealkylation sites (tertiary alicyclic amines) is 1. The van der Waals surface area contributed by atoms with Gasteiger partial charge in [0.05, 0.1) is 23.4 Å². The van der Waals surface area contributed by atoms with Crippen LogP contribution in [0.25, 0.3) is 5.65 Å². The summed E-state index contributed by atoms with van der Waals surface area (Å²) in [6, 6.07) is 12.8. The Morgan fingerprint density at radius 2 is 2.08 bits per heavy atom. The van der Waals surface area contributed by atoms with E-state index in [4.69, 9.17) is 5.26 Å². The van der Waals surface area contributed by atoms with Gasteiger partial charge in [-0.1, -0.05) is 12.1 Å². The number of thiazole rings is 1. The number of aromatic nitrogens is 3. The van der Waals surface area contributed by atoms with E-state index in [0.29, 0.717) is 34.1 Å². The van der Waals surface area contributed by atoms with E-state index < -0.39 is 0 Å². The molecule has 6 rings (SSSR count). The molecule has 2 aliphatic rings. The zero-order valence-electron chi connectivity index (χ0n) is 20.3. The van der Waals surface area contributed by atoms with Gasteiger partial charge in [-0.2, -0.15) is 5.26 Å². The van der Waals surface area contributed by atoms with Crippen molar-refractivity contribution < 1.29 is 9.59 Å². The third-order valence-corrected chi connectivity index (χ3v) is 8.00. The monoisotopic (exact) mass is 511 g/mol. The number of hydrogen-bond donors (Lipinski definition) is 1. The number of nitriles is 1. The molecule has 1 aromatic carbocycles. The second-order valence-corrected chi connectivity index (χ2v) is 10.6. The van der Waals surface area contributed by atoms with Crippen LogP contribution in [0.2, 0.25) is 0 Å². The summed E-state index contributed by atoms with van der Waals surface area (Å²) in [5.41, 5.74) is 3.94. The Hall–Kier alpha value is -4.07. The molecule has 37 heavy (non-hydrogen) atoms. The van der Waals surface area contributed by atoms with E-state index in [1.807, 2.05) is 23.1 Å². The number of fused-ring (bicyclic) bond motifs is 2. The molecule has 9 nitrogen and oxygen atoms in total. The van der Waals surface area contributed by atoms with E-state index in [1.165, 1.54) is 16.2 Å². The maximum Gasteiger partial charge on any atom is 0.274 e. The average Bonchev–Trinajstić information content (AvgIpc) is 3.65. The third kappa shape index (κ3) is 4.48. The fourth-order valence-electron chi connectivity index (χ4n) is 5.09. The Morgan fingerprint density at radius 1 is 1.19 bits per heavy atom. The Bertz CT molecular complexity index is 1570. The maximum atomic E-state index is 13.4. The molecule has 0 aliphatic carbocycles. The van der Waals surface area contributed by atoms with Crippen molar-refractivity contribution in [3.8, 4) is 6.07 Å². The van der Waals surface area contributed by atoms with E-state index in [-0.39, 0.29) is 17.9 Å². The van der Waals surface area contributed by atoms with E-state index in [0.717, 1.165) is 43.6 Å². The molecule has 1 fully saturated rings. The van der Waals surface area contributed by atoms with E-state index in [1.54, 1.807) is 35.0 Å². The minimum absolute atomic E-state index is 0.137. The summed E-state index contributed by atoms with van der Waals surface area (Å²) < 4.78 is 1.75. The van der Waals surface area contributed by atoms with Gasteiger partial charge in [0, 0.05) is 48.9 Å². The van der Waals surface area contributed by atoms with Gasteiger partial charge in [-0.25, -0.2) is 9.97 Å². The predicted molar refractivity (Wildman–Crippen MR) is 139 cm³/mol. The van der Waals surface area contributed by atoms with Crippen LogP contribution >= 0.6 is 11.3 Å². The van der Waals surface area contributed by atoms with Crippen LogP contribution in [0.1, 0.15) is 61.4 Å². The van der Waals surface area contributed by atoms with Crippen molar-refractivity contribution in [3.05, 3.63) is 81.7 Å². The standard InChI is InChI=1S/C27H25N7O2S/c1-32-10-8-20-23(16-32)37-27(30-20)31-25(35)19-5-2-4-18(13-19)22-6-3-9-34(22)26(36)21-15-33-11-7-17(14-28)12-24(33)29-21/h2,4-5,7,11-13,15,22H,3,6,8-10,16H2,1H3,(H,30,31,35). The molecule has 2 amide bonds. The smallest absolute Gasteiger partial charge is 0.274 e. The lowest BCUT2D eigenvalue weighted by Gasteiger charge is -2.24. The zero-order valence-corrected chi connectivity index (χ0v) is 21.2. The van der Waals surface area contributed by atoms with Crippen LogP contribution in [0.4, 0.5) is 5.13 Å². The number of nitrogens with one attached hydrogen (secondary N) is 1. The van der Waals surface area contributed by atoms with Gasteiger partial charge in [0.25, 0.3) is 11.8 Å². The first-order valence-electron chi connectivity index (χ1n) is 12.3. The van der Waals surface area contributed by atoms with Crippen LogP contribution in [0.15, 0.2) is 48.8 Å². The minimum Gasteiger partial charge on any atom is -0.330 e. The number of pyridine rings is 1. The Balaban J connectivity index is 1.20. The van der Waals surface area contributed by atoms with Crippen molar-refractivity contribution in [2.75, 3.05) is 25.5 Å². The maximum absolute atomic E-state index is 13.4. The molecule has 0 bridgehead atoms. The van der Waals surface area contributed by atoms with Crippen LogP contribution in [0.5, 0.6) is 0 Å². The van der Waals surface area contributed by atoms with Crippen molar-refractivity contribution in [1.29, 1.82) is 5.26 Å². The second kappa shape index (κ2) is 9.42. The lowest BCUT2D eigenvalue weighted by atomic mass is 10.0. The van der Waals surface area contributed by atoms with Crippen LogP contribution in [-0.4, -0.2) is 56.1 Å². The molecule has 0 radical (unpaired) electrons. The quantitative estimate of drug-likeness (QED) is 0.446. The average molecular weight is 512 g/mol. The number of carbonyl (C=O) groups is 2. The van der Waals surface area contributed by atoms with E-state index >= 15 is 0 Å². The summed E-state index contributed by atoms with van der Waals surface area (Å²) in [6.07, 6.45) is 6.01. The number of benzene rings is 1. The predicted octanol–water partition coefficient (Wildman–Crippen LogP) is 3.88. The molecule has 0 spiro atoms. The van der Waals surface area contributed by atoms with Gasteiger partial charge >= 0.3 is 0 Å². The topological polar surface area (TPSA) is 107 Å². The summed E-state index contributed by atoms with van der Waals surface area (Å²) in [5.74, 6) is -0.358. The Kier molecular flexibility index (Phi) is 5.94. The number of likely N-dealkylation sites (N-methyl/N-ethyl adjacent to an activating group) is 1. The molecule has 186 valence electrons. The van der Waals surface area contributed by atoms with Crippen molar-refractivity contribution in [2.24, 2.45) is 0 Å². The molecule has 1 unspecified atom stereocenters. The first-order chi connectivity index (χ1) is 18.0. The molecule has 3 aromatic heterocycles. The third-order valence-electron chi connectivity index (χ3n) is 7.00. The second-order valence-electron chi connectivity index (χ2n) is 9.53. The Labute approximate surface area is 218 Å². The summed E-state index contributed by atoms with van der Waals surface area (Å²) in [7, 11) is 2.09. The van der Waals surface area contributed by atoms with Crippen molar-refractivity contribution in [3.63, 3.8) is 0 Å². The molecular formula is C27H25N7O2S. The Morgan fingerprint density at radius 3 is 2.95 bits per heavy atom. The molecule has 1 saturated heterocycles. The highest BCUT2D eigenvalue weighted by Gasteiger charge is 2.32. The zero-order chi connectivity index (χ0) is 25.5. The lowest BCUT2D eigenvalue weighted by molar-refractivity contribution is 0.0730. The molecule has 1 atom stereocenters. The normalized spacial score (nSPS) is 17.5. The highest BCUT2D eigenvalue weighted by molar-refractivity contribution is 7.15. The first-order valence-corrected chi connectivity index (χ1v) is 13.1. The van der Waals surface area contributed by atoms with Crippen LogP contribution in [0, 0.1) is 11.3 Å². The number of imidazole rings is 1. The van der Waals surface area contributed by atoms with E-state index in [2.05, 4.69) is 33.3 Å². The number of hydrogen-bond acceptors (Lipinski definition) is 7. The number of carbonyl (C=O) groups excluding carboxylic acids is 2. The number of anilines is 1. The molecule has 4 aromatic rings. The SMILES string of the molecule is CN1CCc2nc(NC(=O)c3cccc(C4CCCN4C(=O)c4cn5ccc(C#N)cc5n4)c3)sc2C1. The number of amides is 2. The van der Waals surface area contributed by atoms with Crippen LogP contribution in [0.3, 0.4) is 0 Å². The van der Waals surface area contributed by atoms with Crippen LogP contribution < -0.4 is 5.32 Å². The molecule has 2 aliphatic heterocycles. The summed E-state index contributed by atoms with van der Waals surface area (Å²) >= 11 is 1.53. The molecular weight excluding hydrogens is 486 g/mol. The molecule has 1 N–H and O–H groups in total. The van der Waals surface area contributed by atoms with Crippen molar-refractivity contribution in [1.82, 2.24) is 24.2 Å². The summed E-state index contributed by atoms with van der Waals surface area (Å²) in [5, 5.41) is 12.7. The van der Waals surface area contributed by atoms with Gasteiger partial charge in [-0.3, -0.25) is 14.9 Å². The number of rotatable bonds is 4. The van der Waals surface area contributed by atoms with Gasteiger partial charge in [0.1, 0.15) is 11.3 Å². The van der Waals surface area contributed by atoms with Crippen molar-refractivity contribution >= 4 is 33.9 Å². The lowest BCUT2D eigenvalue weighted by Crippen LogP contribution is -2.31. The molecule has 0 saturated carbocycles. The minimum atomic E-state index is -0.203.